The minimum absolute atomic E-state index is 0.101. The summed E-state index contributed by atoms with van der Waals surface area (Å²) in [6.45, 7) is 3.68. The van der Waals surface area contributed by atoms with Crippen LogP contribution >= 0.6 is 0 Å². The molecule has 90 valence electrons. The van der Waals surface area contributed by atoms with E-state index in [1.54, 1.807) is 6.92 Å². The average Bonchev–Trinajstić information content (AvgIpc) is 2.38. The van der Waals surface area contributed by atoms with Gasteiger partial charge in [0, 0.05) is 5.56 Å². The van der Waals surface area contributed by atoms with Gasteiger partial charge in [0.1, 0.15) is 0 Å². The maximum Gasteiger partial charge on any atom is 0.159 e. The standard InChI is InChI=1S/C17H16O/c1-13-5-3-4-6-16(13)10-7-15-8-11-17(12-9-15)14(2)18/h3-12H,1-2H3. The van der Waals surface area contributed by atoms with E-state index < -0.39 is 0 Å². The predicted molar refractivity (Wildman–Crippen MR) is 76.6 cm³/mol. The van der Waals surface area contributed by atoms with Crippen LogP contribution in [0.5, 0.6) is 0 Å². The molecule has 0 radical (unpaired) electrons. The molecular formula is C17H16O. The fourth-order valence-electron chi connectivity index (χ4n) is 1.79. The number of aryl methyl sites for hydroxylation is 1. The normalized spacial score (nSPS) is 10.8. The van der Waals surface area contributed by atoms with Crippen molar-refractivity contribution >= 4 is 17.9 Å². The Morgan fingerprint density at radius 2 is 1.61 bits per heavy atom. The summed E-state index contributed by atoms with van der Waals surface area (Å²) in [4.78, 5) is 11.2. The molecule has 0 aliphatic heterocycles. The van der Waals surface area contributed by atoms with Crippen LogP contribution in [0.4, 0.5) is 0 Å². The molecule has 2 aromatic carbocycles. The van der Waals surface area contributed by atoms with Crippen molar-refractivity contribution in [1.29, 1.82) is 0 Å². The van der Waals surface area contributed by atoms with Crippen LogP contribution in [0.2, 0.25) is 0 Å². The number of carbonyl (C=O) groups excluding carboxylic acids is 1. The highest BCUT2D eigenvalue weighted by Gasteiger charge is 1.97. The minimum atomic E-state index is 0.101. The zero-order valence-corrected chi connectivity index (χ0v) is 10.7. The third-order valence-corrected chi connectivity index (χ3v) is 2.96. The summed E-state index contributed by atoms with van der Waals surface area (Å²) in [5, 5.41) is 0. The largest absolute Gasteiger partial charge is 0.295 e. The third kappa shape index (κ3) is 2.95. The Bertz CT molecular complexity index is 577. The Morgan fingerprint density at radius 1 is 0.944 bits per heavy atom. The lowest BCUT2D eigenvalue weighted by Crippen LogP contribution is -1.90. The van der Waals surface area contributed by atoms with Gasteiger partial charge in [0.15, 0.2) is 5.78 Å². The number of hydrogen-bond acceptors (Lipinski definition) is 1. The SMILES string of the molecule is CC(=O)c1ccc(C=Cc2ccccc2C)cc1. The highest BCUT2D eigenvalue weighted by Crippen LogP contribution is 2.13. The lowest BCUT2D eigenvalue weighted by Gasteiger charge is -1.99. The van der Waals surface area contributed by atoms with Gasteiger partial charge in [0.25, 0.3) is 0 Å². The molecule has 0 unspecified atom stereocenters. The summed E-state index contributed by atoms with van der Waals surface area (Å²) in [6.07, 6.45) is 4.16. The summed E-state index contributed by atoms with van der Waals surface area (Å²) < 4.78 is 0. The van der Waals surface area contributed by atoms with Gasteiger partial charge in [-0.25, -0.2) is 0 Å². The van der Waals surface area contributed by atoms with E-state index in [0.717, 1.165) is 11.1 Å². The van der Waals surface area contributed by atoms with Gasteiger partial charge in [0.05, 0.1) is 0 Å². The minimum Gasteiger partial charge on any atom is -0.295 e. The van der Waals surface area contributed by atoms with E-state index in [-0.39, 0.29) is 5.78 Å². The molecule has 18 heavy (non-hydrogen) atoms. The molecule has 0 saturated heterocycles. The predicted octanol–water partition coefficient (Wildman–Crippen LogP) is 4.37. The molecule has 0 N–H and O–H groups in total. The fraction of sp³-hybridized carbons (Fsp3) is 0.118. The van der Waals surface area contributed by atoms with Crippen molar-refractivity contribution in [3.05, 3.63) is 70.8 Å². The molecule has 0 spiro atoms. The van der Waals surface area contributed by atoms with E-state index in [0.29, 0.717) is 0 Å². The van der Waals surface area contributed by atoms with Crippen LogP contribution in [0.25, 0.3) is 12.2 Å². The fourth-order valence-corrected chi connectivity index (χ4v) is 1.79. The number of ketones is 1. The molecule has 0 atom stereocenters. The van der Waals surface area contributed by atoms with E-state index in [1.807, 2.05) is 36.4 Å². The van der Waals surface area contributed by atoms with Gasteiger partial charge < -0.3 is 0 Å². The maximum atomic E-state index is 11.2. The second-order valence-corrected chi connectivity index (χ2v) is 4.37. The van der Waals surface area contributed by atoms with Crippen LogP contribution in [0.3, 0.4) is 0 Å². The Labute approximate surface area is 108 Å². The molecule has 0 heterocycles. The van der Waals surface area contributed by atoms with Crippen LogP contribution in [0.15, 0.2) is 48.5 Å². The van der Waals surface area contributed by atoms with Gasteiger partial charge in [-0.2, -0.15) is 0 Å². The molecule has 0 bridgehead atoms. The van der Waals surface area contributed by atoms with E-state index in [9.17, 15) is 4.79 Å². The van der Waals surface area contributed by atoms with Crippen molar-refractivity contribution in [3.8, 4) is 0 Å². The number of rotatable bonds is 3. The number of Topliss-reactive ketones (excluding diaryl/α,β-unsaturated/α-hetero) is 1. The van der Waals surface area contributed by atoms with Crippen LogP contribution in [-0.4, -0.2) is 5.78 Å². The first-order chi connectivity index (χ1) is 8.66. The number of benzene rings is 2. The van der Waals surface area contributed by atoms with Crippen molar-refractivity contribution in [2.75, 3.05) is 0 Å². The van der Waals surface area contributed by atoms with Crippen molar-refractivity contribution in [1.82, 2.24) is 0 Å². The van der Waals surface area contributed by atoms with Gasteiger partial charge in [-0.1, -0.05) is 60.7 Å². The molecule has 0 amide bonds. The van der Waals surface area contributed by atoms with Gasteiger partial charge in [-0.15, -0.1) is 0 Å². The van der Waals surface area contributed by atoms with Crippen molar-refractivity contribution in [3.63, 3.8) is 0 Å². The van der Waals surface area contributed by atoms with E-state index in [1.165, 1.54) is 11.1 Å². The van der Waals surface area contributed by atoms with Crippen LogP contribution in [0.1, 0.15) is 34.0 Å². The molecule has 2 rings (SSSR count). The van der Waals surface area contributed by atoms with Crippen molar-refractivity contribution in [2.24, 2.45) is 0 Å². The number of carbonyl (C=O) groups is 1. The quantitative estimate of drug-likeness (QED) is 0.571. The summed E-state index contributed by atoms with van der Waals surface area (Å²) in [7, 11) is 0. The average molecular weight is 236 g/mol. The molecule has 0 saturated carbocycles. The monoisotopic (exact) mass is 236 g/mol. The van der Waals surface area contributed by atoms with E-state index in [4.69, 9.17) is 0 Å². The lowest BCUT2D eigenvalue weighted by atomic mass is 10.1. The summed E-state index contributed by atoms with van der Waals surface area (Å²) in [6, 6.07) is 15.9. The molecule has 0 aliphatic carbocycles. The molecule has 1 nitrogen and oxygen atoms in total. The Balaban J connectivity index is 2.19. The second-order valence-electron chi connectivity index (χ2n) is 4.37. The Kier molecular flexibility index (Phi) is 3.73. The van der Waals surface area contributed by atoms with E-state index >= 15 is 0 Å². The number of hydrogen-bond donors (Lipinski definition) is 0. The topological polar surface area (TPSA) is 17.1 Å². The molecule has 0 fully saturated rings. The van der Waals surface area contributed by atoms with Crippen LogP contribution in [-0.2, 0) is 0 Å². The Morgan fingerprint density at radius 3 is 2.22 bits per heavy atom. The highest BCUT2D eigenvalue weighted by molar-refractivity contribution is 5.94. The molecule has 2 aromatic rings. The summed E-state index contributed by atoms with van der Waals surface area (Å²) in [5.74, 6) is 0.101. The van der Waals surface area contributed by atoms with Gasteiger partial charge in [0.2, 0.25) is 0 Å². The zero-order valence-electron chi connectivity index (χ0n) is 10.7. The molecular weight excluding hydrogens is 220 g/mol. The van der Waals surface area contributed by atoms with Gasteiger partial charge in [-0.05, 0) is 30.5 Å². The van der Waals surface area contributed by atoms with E-state index in [2.05, 4.69) is 31.2 Å². The van der Waals surface area contributed by atoms with Crippen molar-refractivity contribution < 1.29 is 4.79 Å². The first kappa shape index (κ1) is 12.3. The third-order valence-electron chi connectivity index (χ3n) is 2.96. The highest BCUT2D eigenvalue weighted by atomic mass is 16.1. The van der Waals surface area contributed by atoms with Gasteiger partial charge in [-0.3, -0.25) is 4.79 Å². The lowest BCUT2D eigenvalue weighted by molar-refractivity contribution is 0.101. The summed E-state index contributed by atoms with van der Waals surface area (Å²) in [5.41, 5.74) is 4.33. The Hall–Kier alpha value is -2.15. The summed E-state index contributed by atoms with van der Waals surface area (Å²) >= 11 is 0. The van der Waals surface area contributed by atoms with Gasteiger partial charge >= 0.3 is 0 Å². The molecule has 0 aromatic heterocycles. The molecule has 1 heteroatoms. The van der Waals surface area contributed by atoms with Crippen LogP contribution < -0.4 is 0 Å². The maximum absolute atomic E-state index is 11.2. The van der Waals surface area contributed by atoms with Crippen LogP contribution in [0, 0.1) is 6.92 Å². The smallest absolute Gasteiger partial charge is 0.159 e. The first-order valence-electron chi connectivity index (χ1n) is 6.01. The first-order valence-corrected chi connectivity index (χ1v) is 6.01. The van der Waals surface area contributed by atoms with Crippen molar-refractivity contribution in [2.45, 2.75) is 13.8 Å². The molecule has 0 aliphatic rings. The zero-order chi connectivity index (χ0) is 13.0. The second kappa shape index (κ2) is 5.46.